The van der Waals surface area contributed by atoms with Crippen LogP contribution in [0.1, 0.15) is 51.9 Å². The zero-order valence-electron chi connectivity index (χ0n) is 11.7. The summed E-state index contributed by atoms with van der Waals surface area (Å²) in [6, 6.07) is 7.47. The van der Waals surface area contributed by atoms with E-state index in [0.29, 0.717) is 18.1 Å². The average Bonchev–Trinajstić information content (AvgIpc) is 2.28. The molecule has 0 saturated carbocycles. The Labute approximate surface area is 117 Å². The van der Waals surface area contributed by atoms with Gasteiger partial charge in [-0.1, -0.05) is 27.3 Å². The van der Waals surface area contributed by atoms with Crippen molar-refractivity contribution < 1.29 is 9.53 Å². The summed E-state index contributed by atoms with van der Waals surface area (Å²) in [5.74, 6) is 1.28. The van der Waals surface area contributed by atoms with Crippen LogP contribution in [0.4, 0.5) is 0 Å². The van der Waals surface area contributed by atoms with Crippen LogP contribution >= 0.6 is 0 Å². The van der Waals surface area contributed by atoms with Crippen molar-refractivity contribution >= 4 is 5.91 Å². The van der Waals surface area contributed by atoms with Gasteiger partial charge < -0.3 is 10.1 Å². The van der Waals surface area contributed by atoms with Gasteiger partial charge in [0.15, 0.2) is 0 Å². The highest BCUT2D eigenvalue weighted by molar-refractivity contribution is 5.94. The number of hydrogen-bond donors (Lipinski definition) is 1. The second-order valence-electron chi connectivity index (χ2n) is 4.96. The van der Waals surface area contributed by atoms with Crippen LogP contribution in [0.15, 0.2) is 24.3 Å². The molecule has 108 valence electrons. The lowest BCUT2D eigenvalue weighted by Crippen LogP contribution is -2.33. The summed E-state index contributed by atoms with van der Waals surface area (Å²) in [6.07, 6.45) is 0.983. The van der Waals surface area contributed by atoms with Crippen molar-refractivity contribution in [2.75, 3.05) is 6.61 Å². The zero-order valence-corrected chi connectivity index (χ0v) is 11.7. The second kappa shape index (κ2) is 8.57. The quantitative estimate of drug-likeness (QED) is 0.847. The molecule has 0 aliphatic heterocycles. The maximum atomic E-state index is 12.0. The Morgan fingerprint density at radius 3 is 2.58 bits per heavy atom. The van der Waals surface area contributed by atoms with Gasteiger partial charge in [0.05, 0.1) is 6.61 Å². The molecule has 1 N–H and O–H groups in total. The van der Waals surface area contributed by atoms with E-state index >= 15 is 0 Å². The van der Waals surface area contributed by atoms with Gasteiger partial charge in [-0.25, -0.2) is 0 Å². The third-order valence-electron chi connectivity index (χ3n) is 2.61. The Morgan fingerprint density at radius 1 is 1.32 bits per heavy atom. The van der Waals surface area contributed by atoms with Gasteiger partial charge >= 0.3 is 0 Å². The second-order valence-corrected chi connectivity index (χ2v) is 4.96. The number of ether oxygens (including phenoxy) is 1. The molecular formula is C16H27NO2. The van der Waals surface area contributed by atoms with Gasteiger partial charge in [-0.05, 0) is 44.4 Å². The Morgan fingerprint density at radius 2 is 2.00 bits per heavy atom. The van der Waals surface area contributed by atoms with Crippen LogP contribution in [0.5, 0.6) is 5.75 Å². The van der Waals surface area contributed by atoms with E-state index in [1.165, 1.54) is 0 Å². The largest absolute Gasteiger partial charge is 0.494 e. The van der Waals surface area contributed by atoms with Gasteiger partial charge in [0.25, 0.3) is 5.91 Å². The summed E-state index contributed by atoms with van der Waals surface area (Å²) >= 11 is 0. The Kier molecular flexibility index (Phi) is 7.89. The molecule has 19 heavy (non-hydrogen) atoms. The molecule has 1 aromatic carbocycles. The maximum Gasteiger partial charge on any atom is 0.251 e. The fourth-order valence-electron chi connectivity index (χ4n) is 1.97. The van der Waals surface area contributed by atoms with Crippen molar-refractivity contribution in [3.63, 3.8) is 0 Å². The van der Waals surface area contributed by atoms with Crippen LogP contribution in [-0.4, -0.2) is 18.6 Å². The molecule has 0 bridgehead atoms. The van der Waals surface area contributed by atoms with Crippen molar-refractivity contribution in [2.24, 2.45) is 5.92 Å². The van der Waals surface area contributed by atoms with Crippen molar-refractivity contribution in [3.8, 4) is 5.75 Å². The van der Waals surface area contributed by atoms with Gasteiger partial charge in [0, 0.05) is 11.6 Å². The molecule has 0 unspecified atom stereocenters. The average molecular weight is 265 g/mol. The predicted octanol–water partition coefficient (Wildman–Crippen LogP) is 3.89. The number of rotatable bonds is 6. The Hall–Kier alpha value is -1.51. The molecule has 0 aliphatic carbocycles. The first kappa shape index (κ1) is 17.5. The highest BCUT2D eigenvalue weighted by atomic mass is 16.5. The lowest BCUT2D eigenvalue weighted by molar-refractivity contribution is 0.0935. The number of amides is 1. The van der Waals surface area contributed by atoms with Crippen molar-refractivity contribution in [3.05, 3.63) is 29.8 Å². The van der Waals surface area contributed by atoms with E-state index in [0.717, 1.165) is 12.2 Å². The minimum Gasteiger partial charge on any atom is -0.494 e. The predicted molar refractivity (Wildman–Crippen MR) is 80.7 cm³/mol. The van der Waals surface area contributed by atoms with Gasteiger partial charge in [-0.15, -0.1) is 0 Å². The van der Waals surface area contributed by atoms with Crippen LogP contribution in [0.25, 0.3) is 0 Å². The lowest BCUT2D eigenvalue weighted by Gasteiger charge is -2.16. The van der Waals surface area contributed by atoms with Gasteiger partial charge in [-0.2, -0.15) is 0 Å². The zero-order chi connectivity index (χ0) is 13.5. The summed E-state index contributed by atoms with van der Waals surface area (Å²) in [4.78, 5) is 12.0. The Bertz CT molecular complexity index is 388. The van der Waals surface area contributed by atoms with E-state index in [1.807, 2.05) is 26.0 Å². The van der Waals surface area contributed by atoms with E-state index in [9.17, 15) is 4.79 Å². The molecule has 1 atom stereocenters. The van der Waals surface area contributed by atoms with Gasteiger partial charge in [0.1, 0.15) is 5.75 Å². The first-order valence-electron chi connectivity index (χ1n) is 6.56. The summed E-state index contributed by atoms with van der Waals surface area (Å²) in [5, 5.41) is 3.00. The third kappa shape index (κ3) is 6.27. The number of carbonyl (C=O) groups excluding carboxylic acids is 1. The third-order valence-corrected chi connectivity index (χ3v) is 2.61. The molecule has 1 amide bonds. The standard InChI is InChI=1S/C15H23NO2.CH4/c1-5-18-14-8-6-7-13(10-14)15(17)16-12(4)9-11(2)3;/h6-8,10-12H,5,9H2,1-4H3,(H,16,17);1H4/t12-;/m1./s1. The molecule has 0 saturated heterocycles. The number of benzene rings is 1. The van der Waals surface area contributed by atoms with Crippen LogP contribution in [0.2, 0.25) is 0 Å². The lowest BCUT2D eigenvalue weighted by atomic mass is 10.0. The van der Waals surface area contributed by atoms with Crippen molar-refractivity contribution in [1.82, 2.24) is 5.32 Å². The van der Waals surface area contributed by atoms with Gasteiger partial charge in [-0.3, -0.25) is 4.79 Å². The highest BCUT2D eigenvalue weighted by Crippen LogP contribution is 2.13. The van der Waals surface area contributed by atoms with E-state index in [-0.39, 0.29) is 19.4 Å². The van der Waals surface area contributed by atoms with Crippen molar-refractivity contribution in [2.45, 2.75) is 47.6 Å². The van der Waals surface area contributed by atoms with E-state index in [4.69, 9.17) is 4.74 Å². The monoisotopic (exact) mass is 265 g/mol. The molecule has 1 aromatic rings. The number of carbonyl (C=O) groups is 1. The van der Waals surface area contributed by atoms with Crippen LogP contribution < -0.4 is 10.1 Å². The summed E-state index contributed by atoms with van der Waals surface area (Å²) in [5.41, 5.74) is 0.650. The highest BCUT2D eigenvalue weighted by Gasteiger charge is 2.11. The number of nitrogens with one attached hydrogen (secondary N) is 1. The SMILES string of the molecule is C.CCOc1cccc(C(=O)N[C@H](C)CC(C)C)c1. The molecule has 0 heterocycles. The topological polar surface area (TPSA) is 38.3 Å². The molecule has 1 rings (SSSR count). The first-order chi connectivity index (χ1) is 8.52. The maximum absolute atomic E-state index is 12.0. The van der Waals surface area contributed by atoms with E-state index < -0.39 is 0 Å². The fraction of sp³-hybridized carbons (Fsp3) is 0.562. The van der Waals surface area contributed by atoms with E-state index in [1.54, 1.807) is 12.1 Å². The first-order valence-corrected chi connectivity index (χ1v) is 6.56. The minimum absolute atomic E-state index is 0. The summed E-state index contributed by atoms with van der Waals surface area (Å²) in [7, 11) is 0. The molecule has 3 heteroatoms. The summed E-state index contributed by atoms with van der Waals surface area (Å²) in [6.45, 7) is 8.87. The van der Waals surface area contributed by atoms with Crippen LogP contribution in [-0.2, 0) is 0 Å². The van der Waals surface area contributed by atoms with Crippen molar-refractivity contribution in [1.29, 1.82) is 0 Å². The molecule has 0 spiro atoms. The molecule has 0 fully saturated rings. The minimum atomic E-state index is -0.0373. The molecule has 0 aliphatic rings. The van der Waals surface area contributed by atoms with Gasteiger partial charge in [0.2, 0.25) is 0 Å². The molecule has 3 nitrogen and oxygen atoms in total. The molecule has 0 aromatic heterocycles. The van der Waals surface area contributed by atoms with Crippen LogP contribution in [0.3, 0.4) is 0 Å². The smallest absolute Gasteiger partial charge is 0.251 e. The van der Waals surface area contributed by atoms with E-state index in [2.05, 4.69) is 19.2 Å². The number of hydrogen-bond acceptors (Lipinski definition) is 2. The molecule has 0 radical (unpaired) electrons. The normalized spacial score (nSPS) is 11.6. The Balaban J connectivity index is 0.00000324. The van der Waals surface area contributed by atoms with Crippen LogP contribution in [0, 0.1) is 5.92 Å². The molecular weight excluding hydrogens is 238 g/mol. The fourth-order valence-corrected chi connectivity index (χ4v) is 1.97. The summed E-state index contributed by atoms with van der Waals surface area (Å²) < 4.78 is 5.39.